The van der Waals surface area contributed by atoms with Crippen molar-refractivity contribution in [2.24, 2.45) is 11.8 Å². The maximum atomic E-state index is 11.5. The van der Waals surface area contributed by atoms with Gasteiger partial charge in [-0.3, -0.25) is 14.5 Å². The van der Waals surface area contributed by atoms with Crippen molar-refractivity contribution in [3.8, 4) is 0 Å². The largest absolute Gasteiger partial charge is 0.393 e. The van der Waals surface area contributed by atoms with Gasteiger partial charge in [-0.25, -0.2) is 0 Å². The second-order valence-corrected chi connectivity index (χ2v) is 4.87. The smallest absolute Gasteiger partial charge is 0.319 e. The average molecular weight is 209 g/mol. The summed E-state index contributed by atoms with van der Waals surface area (Å²) in [4.78, 5) is 25.3. The van der Waals surface area contributed by atoms with E-state index in [1.54, 1.807) is 0 Å². The van der Waals surface area contributed by atoms with Gasteiger partial charge in [0.15, 0.2) is 0 Å². The normalized spacial score (nSPS) is 41.5. The second-order valence-electron chi connectivity index (χ2n) is 4.87. The van der Waals surface area contributed by atoms with Gasteiger partial charge in [0.25, 0.3) is 0 Å². The molecule has 2 heterocycles. The Morgan fingerprint density at radius 1 is 1.20 bits per heavy atom. The summed E-state index contributed by atoms with van der Waals surface area (Å²) in [5.41, 5.74) is 0. The summed E-state index contributed by atoms with van der Waals surface area (Å²) < 4.78 is 4.72. The monoisotopic (exact) mass is 209 g/mol. The highest BCUT2D eigenvalue weighted by Crippen LogP contribution is 2.40. The lowest BCUT2D eigenvalue weighted by molar-refractivity contribution is -0.153. The van der Waals surface area contributed by atoms with Crippen LogP contribution in [0.25, 0.3) is 0 Å². The molecule has 0 aromatic carbocycles. The van der Waals surface area contributed by atoms with Gasteiger partial charge in [0, 0.05) is 12.1 Å². The van der Waals surface area contributed by atoms with Crippen molar-refractivity contribution in [2.45, 2.75) is 38.3 Å². The first-order chi connectivity index (χ1) is 7.18. The van der Waals surface area contributed by atoms with E-state index in [4.69, 9.17) is 4.74 Å². The number of likely N-dealkylation sites (tertiary alicyclic amines) is 1. The standard InChI is InChI=1S/C11H15NO3/c1-6-9-8(10(13)15-11(9)14)4-5-12(6)7-2-3-7/h6-9H,2-5H2,1H3. The van der Waals surface area contributed by atoms with Gasteiger partial charge in [-0.05, 0) is 32.7 Å². The summed E-state index contributed by atoms with van der Waals surface area (Å²) in [6, 6.07) is 0.833. The number of hydrogen-bond acceptors (Lipinski definition) is 4. The number of carbonyl (C=O) groups excluding carboxylic acids is 2. The molecule has 1 aliphatic carbocycles. The van der Waals surface area contributed by atoms with Crippen LogP contribution in [0.1, 0.15) is 26.2 Å². The third-order valence-electron chi connectivity index (χ3n) is 3.97. The zero-order chi connectivity index (χ0) is 10.6. The lowest BCUT2D eigenvalue weighted by atomic mass is 9.82. The molecule has 3 fully saturated rings. The van der Waals surface area contributed by atoms with Crippen LogP contribution >= 0.6 is 0 Å². The van der Waals surface area contributed by atoms with Crippen molar-refractivity contribution in [2.75, 3.05) is 6.54 Å². The van der Waals surface area contributed by atoms with Crippen LogP contribution in [0.5, 0.6) is 0 Å². The molecule has 0 aromatic rings. The second kappa shape index (κ2) is 3.04. The van der Waals surface area contributed by atoms with E-state index in [-0.39, 0.29) is 29.8 Å². The molecule has 0 radical (unpaired) electrons. The summed E-state index contributed by atoms with van der Waals surface area (Å²) in [5.74, 6) is -0.968. The molecule has 4 nitrogen and oxygen atoms in total. The highest BCUT2D eigenvalue weighted by molar-refractivity contribution is 5.97. The van der Waals surface area contributed by atoms with E-state index in [0.717, 1.165) is 13.0 Å². The molecule has 4 heteroatoms. The molecule has 15 heavy (non-hydrogen) atoms. The van der Waals surface area contributed by atoms with Crippen LogP contribution < -0.4 is 0 Å². The fraction of sp³-hybridized carbons (Fsp3) is 0.818. The van der Waals surface area contributed by atoms with E-state index in [2.05, 4.69) is 11.8 Å². The molecule has 3 aliphatic rings. The molecule has 1 saturated carbocycles. The zero-order valence-electron chi connectivity index (χ0n) is 8.81. The first-order valence-electron chi connectivity index (χ1n) is 5.70. The number of fused-ring (bicyclic) bond motifs is 1. The number of rotatable bonds is 1. The summed E-state index contributed by atoms with van der Waals surface area (Å²) in [5, 5.41) is 0. The minimum Gasteiger partial charge on any atom is -0.393 e. The molecule has 0 spiro atoms. The van der Waals surface area contributed by atoms with Crippen LogP contribution in [0.4, 0.5) is 0 Å². The van der Waals surface area contributed by atoms with Crippen LogP contribution in [0.15, 0.2) is 0 Å². The van der Waals surface area contributed by atoms with Crippen molar-refractivity contribution < 1.29 is 14.3 Å². The van der Waals surface area contributed by atoms with Crippen molar-refractivity contribution in [3.63, 3.8) is 0 Å². The Labute approximate surface area is 88.6 Å². The van der Waals surface area contributed by atoms with Crippen molar-refractivity contribution in [3.05, 3.63) is 0 Å². The van der Waals surface area contributed by atoms with E-state index < -0.39 is 0 Å². The lowest BCUT2D eigenvalue weighted by Crippen LogP contribution is -2.49. The minimum atomic E-state index is -0.303. The quantitative estimate of drug-likeness (QED) is 0.467. The maximum absolute atomic E-state index is 11.5. The van der Waals surface area contributed by atoms with Crippen LogP contribution in [0.3, 0.4) is 0 Å². The van der Waals surface area contributed by atoms with Gasteiger partial charge in [-0.15, -0.1) is 0 Å². The van der Waals surface area contributed by atoms with E-state index in [9.17, 15) is 9.59 Å². The molecule has 3 unspecified atom stereocenters. The van der Waals surface area contributed by atoms with E-state index in [1.165, 1.54) is 12.8 Å². The third kappa shape index (κ3) is 1.31. The van der Waals surface area contributed by atoms with Gasteiger partial charge in [-0.1, -0.05) is 0 Å². The Morgan fingerprint density at radius 3 is 2.60 bits per heavy atom. The summed E-state index contributed by atoms with van der Waals surface area (Å²) in [7, 11) is 0. The topological polar surface area (TPSA) is 46.6 Å². The van der Waals surface area contributed by atoms with Crippen molar-refractivity contribution in [1.82, 2.24) is 4.90 Å². The van der Waals surface area contributed by atoms with Gasteiger partial charge >= 0.3 is 11.9 Å². The van der Waals surface area contributed by atoms with E-state index in [0.29, 0.717) is 6.04 Å². The molecule has 3 atom stereocenters. The Morgan fingerprint density at radius 2 is 1.93 bits per heavy atom. The Balaban J connectivity index is 1.84. The predicted molar refractivity (Wildman–Crippen MR) is 51.9 cm³/mol. The lowest BCUT2D eigenvalue weighted by Gasteiger charge is -2.38. The van der Waals surface area contributed by atoms with Gasteiger partial charge in [0.05, 0.1) is 11.8 Å². The molecule has 2 saturated heterocycles. The maximum Gasteiger partial charge on any atom is 0.319 e. The van der Waals surface area contributed by atoms with Crippen LogP contribution in [0.2, 0.25) is 0 Å². The molecular weight excluding hydrogens is 194 g/mol. The van der Waals surface area contributed by atoms with Gasteiger partial charge in [-0.2, -0.15) is 0 Å². The van der Waals surface area contributed by atoms with Gasteiger partial charge in [0.1, 0.15) is 0 Å². The molecule has 0 bridgehead atoms. The number of nitrogens with zero attached hydrogens (tertiary/aromatic N) is 1. The van der Waals surface area contributed by atoms with Crippen LogP contribution in [-0.4, -0.2) is 35.5 Å². The summed E-state index contributed by atoms with van der Waals surface area (Å²) >= 11 is 0. The molecular formula is C11H15NO3. The first-order valence-corrected chi connectivity index (χ1v) is 5.70. The Bertz CT molecular complexity index is 324. The predicted octanol–water partition coefficient (Wildman–Crippen LogP) is 0.559. The Hall–Kier alpha value is -0.900. The highest BCUT2D eigenvalue weighted by atomic mass is 16.6. The SMILES string of the molecule is CC1C2C(=O)OC(=O)C2CCN1C1CC1. The number of hydrogen-bond donors (Lipinski definition) is 0. The summed E-state index contributed by atoms with van der Waals surface area (Å²) in [6.45, 7) is 2.99. The third-order valence-corrected chi connectivity index (χ3v) is 3.97. The van der Waals surface area contributed by atoms with Gasteiger partial charge < -0.3 is 4.74 Å². The fourth-order valence-corrected chi connectivity index (χ4v) is 3.00. The van der Waals surface area contributed by atoms with Crippen molar-refractivity contribution >= 4 is 11.9 Å². The number of carbonyl (C=O) groups is 2. The number of ether oxygens (including phenoxy) is 1. The molecule has 2 aliphatic heterocycles. The molecule has 0 N–H and O–H groups in total. The average Bonchev–Trinajstić information content (AvgIpc) is 2.96. The first kappa shape index (κ1) is 9.33. The minimum absolute atomic E-state index is 0.164. The van der Waals surface area contributed by atoms with E-state index >= 15 is 0 Å². The van der Waals surface area contributed by atoms with Crippen LogP contribution in [0, 0.1) is 11.8 Å². The van der Waals surface area contributed by atoms with Crippen molar-refractivity contribution in [1.29, 1.82) is 0 Å². The molecule has 0 amide bonds. The Kier molecular flexibility index (Phi) is 1.89. The number of esters is 2. The molecule has 0 aromatic heterocycles. The zero-order valence-corrected chi connectivity index (χ0v) is 8.81. The number of piperidine rings is 1. The van der Waals surface area contributed by atoms with E-state index in [1.807, 2.05) is 0 Å². The van der Waals surface area contributed by atoms with Gasteiger partial charge in [0.2, 0.25) is 0 Å². The molecule has 3 rings (SSSR count). The fourth-order valence-electron chi connectivity index (χ4n) is 3.00. The highest BCUT2D eigenvalue weighted by Gasteiger charge is 2.52. The molecule has 82 valence electrons. The van der Waals surface area contributed by atoms with Crippen LogP contribution in [-0.2, 0) is 14.3 Å². The summed E-state index contributed by atoms with van der Waals surface area (Å²) in [6.07, 6.45) is 3.27. The number of cyclic esters (lactones) is 2.